The molecule has 1 heterocycles. The van der Waals surface area contributed by atoms with Crippen LogP contribution in [-0.2, 0) is 0 Å². The molecule has 2 rings (SSSR count). The molecule has 1 aliphatic heterocycles. The Kier molecular flexibility index (Phi) is 2.68. The lowest BCUT2D eigenvalue weighted by Gasteiger charge is -2.10. The van der Waals surface area contributed by atoms with E-state index in [0.29, 0.717) is 6.73 Å². The largest absolute Gasteiger partial charge is 0.471 e. The zero-order valence-electron chi connectivity index (χ0n) is 8.73. The van der Waals surface area contributed by atoms with Gasteiger partial charge in [0.2, 0.25) is 0 Å². The van der Waals surface area contributed by atoms with Gasteiger partial charge in [-0.1, -0.05) is 24.3 Å². The van der Waals surface area contributed by atoms with E-state index in [1.54, 1.807) is 6.21 Å². The minimum atomic E-state index is 0.355. The first-order valence-corrected chi connectivity index (χ1v) is 4.86. The van der Waals surface area contributed by atoms with E-state index in [2.05, 4.69) is 24.6 Å². The molecule has 0 fully saturated rings. The van der Waals surface area contributed by atoms with Gasteiger partial charge in [-0.15, -0.1) is 0 Å². The summed E-state index contributed by atoms with van der Waals surface area (Å²) >= 11 is 0. The van der Waals surface area contributed by atoms with Crippen LogP contribution in [0.4, 0.5) is 0 Å². The zero-order chi connectivity index (χ0) is 10.7. The SMILES string of the molecule is C=C1/C=C\C=NCOc2ccc(C)cc21. The molecular weight excluding hydrogens is 186 g/mol. The Balaban J connectivity index is 2.49. The zero-order valence-corrected chi connectivity index (χ0v) is 8.73. The maximum absolute atomic E-state index is 5.54. The van der Waals surface area contributed by atoms with Gasteiger partial charge in [-0.3, -0.25) is 4.99 Å². The van der Waals surface area contributed by atoms with Crippen molar-refractivity contribution in [3.8, 4) is 5.75 Å². The van der Waals surface area contributed by atoms with Crippen molar-refractivity contribution in [3.63, 3.8) is 0 Å². The molecular formula is C13H13NO. The molecule has 0 aliphatic carbocycles. The Morgan fingerprint density at radius 1 is 1.40 bits per heavy atom. The molecule has 1 aromatic rings. The van der Waals surface area contributed by atoms with E-state index >= 15 is 0 Å². The number of aliphatic imine (C=N–C) groups is 1. The summed E-state index contributed by atoms with van der Waals surface area (Å²) in [6, 6.07) is 6.06. The Hall–Kier alpha value is -1.83. The van der Waals surface area contributed by atoms with Gasteiger partial charge in [-0.25, -0.2) is 0 Å². The highest BCUT2D eigenvalue weighted by Crippen LogP contribution is 2.27. The van der Waals surface area contributed by atoms with E-state index in [9.17, 15) is 0 Å². The predicted octanol–water partition coefficient (Wildman–Crippen LogP) is 2.99. The average molecular weight is 199 g/mol. The number of hydrogen-bond donors (Lipinski definition) is 0. The van der Waals surface area contributed by atoms with Crippen LogP contribution in [0.25, 0.3) is 5.57 Å². The van der Waals surface area contributed by atoms with Gasteiger partial charge < -0.3 is 4.74 Å². The topological polar surface area (TPSA) is 21.6 Å². The second-order valence-electron chi connectivity index (χ2n) is 3.49. The van der Waals surface area contributed by atoms with Gasteiger partial charge in [0, 0.05) is 11.8 Å². The summed E-state index contributed by atoms with van der Waals surface area (Å²) in [4.78, 5) is 4.07. The summed E-state index contributed by atoms with van der Waals surface area (Å²) in [5, 5.41) is 0. The number of allylic oxidation sites excluding steroid dienone is 3. The van der Waals surface area contributed by atoms with E-state index in [1.165, 1.54) is 5.56 Å². The van der Waals surface area contributed by atoms with Crippen molar-refractivity contribution >= 4 is 11.8 Å². The third-order valence-electron chi connectivity index (χ3n) is 2.26. The fourth-order valence-electron chi connectivity index (χ4n) is 1.48. The minimum absolute atomic E-state index is 0.355. The summed E-state index contributed by atoms with van der Waals surface area (Å²) in [5.74, 6) is 0.842. The molecule has 0 spiro atoms. The van der Waals surface area contributed by atoms with Crippen LogP contribution in [0.2, 0.25) is 0 Å². The molecule has 0 saturated carbocycles. The third kappa shape index (κ3) is 2.15. The lowest BCUT2D eigenvalue weighted by atomic mass is 10.0. The standard InChI is InChI=1S/C13H13NO/c1-10-5-6-13-12(8-10)11(2)4-3-7-14-9-15-13/h3-8H,2,9H2,1H3/b4-3-,14-7?. The molecule has 0 unspecified atom stereocenters. The number of benzene rings is 1. The molecule has 2 nitrogen and oxygen atoms in total. The highest BCUT2D eigenvalue weighted by atomic mass is 16.5. The second kappa shape index (κ2) is 4.13. The third-order valence-corrected chi connectivity index (χ3v) is 2.26. The van der Waals surface area contributed by atoms with Crippen LogP contribution < -0.4 is 4.74 Å². The Morgan fingerprint density at radius 2 is 2.27 bits per heavy atom. The first kappa shape index (κ1) is 9.71. The number of ether oxygens (including phenoxy) is 1. The van der Waals surface area contributed by atoms with Crippen LogP contribution in [0, 0.1) is 6.92 Å². The van der Waals surface area contributed by atoms with Crippen LogP contribution in [0.1, 0.15) is 11.1 Å². The van der Waals surface area contributed by atoms with Crippen molar-refractivity contribution in [2.24, 2.45) is 4.99 Å². The van der Waals surface area contributed by atoms with Crippen LogP contribution in [0.3, 0.4) is 0 Å². The normalized spacial score (nSPS) is 17.0. The molecule has 1 aliphatic rings. The second-order valence-corrected chi connectivity index (χ2v) is 3.49. The number of nitrogens with zero attached hydrogens (tertiary/aromatic N) is 1. The molecule has 0 amide bonds. The van der Waals surface area contributed by atoms with Gasteiger partial charge in [0.25, 0.3) is 0 Å². The number of hydrogen-bond acceptors (Lipinski definition) is 2. The Bertz CT molecular complexity index is 444. The minimum Gasteiger partial charge on any atom is -0.471 e. The Labute approximate surface area is 89.6 Å². The monoisotopic (exact) mass is 199 g/mol. The van der Waals surface area contributed by atoms with Crippen molar-refractivity contribution in [3.05, 3.63) is 48.1 Å². The van der Waals surface area contributed by atoms with Crippen LogP contribution in [-0.4, -0.2) is 12.9 Å². The van der Waals surface area contributed by atoms with Crippen molar-refractivity contribution in [2.75, 3.05) is 6.73 Å². The van der Waals surface area contributed by atoms with Gasteiger partial charge in [-0.05, 0) is 30.7 Å². The van der Waals surface area contributed by atoms with Gasteiger partial charge in [0.05, 0.1) is 0 Å². The van der Waals surface area contributed by atoms with Crippen molar-refractivity contribution in [1.29, 1.82) is 0 Å². The Morgan fingerprint density at radius 3 is 3.13 bits per heavy atom. The molecule has 2 heteroatoms. The summed E-state index contributed by atoms with van der Waals surface area (Å²) in [6.07, 6.45) is 5.55. The van der Waals surface area contributed by atoms with Gasteiger partial charge in [0.15, 0.2) is 6.73 Å². The molecule has 0 N–H and O–H groups in total. The maximum atomic E-state index is 5.54. The van der Waals surface area contributed by atoms with E-state index in [4.69, 9.17) is 4.74 Å². The van der Waals surface area contributed by atoms with Crippen LogP contribution in [0.5, 0.6) is 5.75 Å². The molecule has 76 valence electrons. The van der Waals surface area contributed by atoms with E-state index in [-0.39, 0.29) is 0 Å². The maximum Gasteiger partial charge on any atom is 0.179 e. The summed E-state index contributed by atoms with van der Waals surface area (Å²) < 4.78 is 5.54. The molecule has 0 atom stereocenters. The molecule has 0 aromatic heterocycles. The van der Waals surface area contributed by atoms with E-state index < -0.39 is 0 Å². The molecule has 0 bridgehead atoms. The summed E-state index contributed by atoms with van der Waals surface area (Å²) in [5.41, 5.74) is 3.19. The van der Waals surface area contributed by atoms with Crippen molar-refractivity contribution < 1.29 is 4.74 Å². The number of fused-ring (bicyclic) bond motifs is 1. The predicted molar refractivity (Wildman–Crippen MR) is 63.3 cm³/mol. The highest BCUT2D eigenvalue weighted by Gasteiger charge is 2.06. The highest BCUT2D eigenvalue weighted by molar-refractivity contribution is 5.82. The number of rotatable bonds is 0. The first-order chi connectivity index (χ1) is 7.27. The molecule has 0 radical (unpaired) electrons. The van der Waals surface area contributed by atoms with Crippen LogP contribution in [0.15, 0.2) is 41.9 Å². The van der Waals surface area contributed by atoms with Gasteiger partial charge in [0.1, 0.15) is 5.75 Å². The quantitative estimate of drug-likeness (QED) is 0.629. The number of aryl methyl sites for hydroxylation is 1. The van der Waals surface area contributed by atoms with Gasteiger partial charge >= 0.3 is 0 Å². The van der Waals surface area contributed by atoms with Crippen molar-refractivity contribution in [1.82, 2.24) is 0 Å². The molecule has 1 aromatic carbocycles. The lowest BCUT2D eigenvalue weighted by molar-refractivity contribution is 0.331. The fraction of sp³-hybridized carbons (Fsp3) is 0.154. The van der Waals surface area contributed by atoms with Crippen molar-refractivity contribution in [2.45, 2.75) is 6.92 Å². The summed E-state index contributed by atoms with van der Waals surface area (Å²) in [6.45, 7) is 6.42. The fourth-order valence-corrected chi connectivity index (χ4v) is 1.48. The molecule has 0 saturated heterocycles. The van der Waals surface area contributed by atoms with E-state index in [0.717, 1.165) is 16.9 Å². The van der Waals surface area contributed by atoms with Crippen LogP contribution >= 0.6 is 0 Å². The average Bonchev–Trinajstić information content (AvgIpc) is 2.31. The summed E-state index contributed by atoms with van der Waals surface area (Å²) in [7, 11) is 0. The first-order valence-electron chi connectivity index (χ1n) is 4.86. The smallest absolute Gasteiger partial charge is 0.179 e. The van der Waals surface area contributed by atoms with Gasteiger partial charge in [-0.2, -0.15) is 0 Å². The lowest BCUT2D eigenvalue weighted by Crippen LogP contribution is -1.96. The molecule has 15 heavy (non-hydrogen) atoms. The van der Waals surface area contributed by atoms with E-state index in [1.807, 2.05) is 24.3 Å².